The number of hydrogen-bond donors (Lipinski definition) is 1. The van der Waals surface area contributed by atoms with Crippen molar-refractivity contribution in [3.63, 3.8) is 0 Å². The minimum Gasteiger partial charge on any atom is -0.361 e. The maximum atomic E-state index is 13.0. The number of nitrogens with zero attached hydrogens (tertiary/aromatic N) is 4. The molecule has 0 bridgehead atoms. The molecule has 3 aromatic heterocycles. The summed E-state index contributed by atoms with van der Waals surface area (Å²) in [4.78, 5) is 37.1. The van der Waals surface area contributed by atoms with Crippen molar-refractivity contribution < 1.29 is 14.1 Å². The minimum atomic E-state index is -0.369. The minimum absolute atomic E-state index is 0.0962. The fourth-order valence-electron chi connectivity index (χ4n) is 3.30. The van der Waals surface area contributed by atoms with E-state index >= 15 is 0 Å². The van der Waals surface area contributed by atoms with Crippen LogP contribution in [0.3, 0.4) is 0 Å². The smallest absolute Gasteiger partial charge is 0.279 e. The van der Waals surface area contributed by atoms with Crippen molar-refractivity contribution >= 4 is 39.6 Å². The van der Waals surface area contributed by atoms with Gasteiger partial charge in [0.25, 0.3) is 11.8 Å². The maximum absolute atomic E-state index is 13.0. The number of aryl methyl sites for hydroxylation is 1. The van der Waals surface area contributed by atoms with Crippen molar-refractivity contribution in [2.45, 2.75) is 19.9 Å². The molecule has 1 aromatic carbocycles. The summed E-state index contributed by atoms with van der Waals surface area (Å²) in [5, 5.41) is 9.60. The summed E-state index contributed by atoms with van der Waals surface area (Å²) in [7, 11) is 0. The second-order valence-corrected chi connectivity index (χ2v) is 8.99. The van der Waals surface area contributed by atoms with Crippen LogP contribution >= 0.6 is 22.7 Å². The van der Waals surface area contributed by atoms with E-state index in [4.69, 9.17) is 4.52 Å². The molecule has 0 spiro atoms. The van der Waals surface area contributed by atoms with Crippen molar-refractivity contribution in [3.8, 4) is 10.6 Å². The van der Waals surface area contributed by atoms with E-state index in [0.717, 1.165) is 21.1 Å². The van der Waals surface area contributed by atoms with Gasteiger partial charge in [-0.1, -0.05) is 46.8 Å². The average molecular weight is 452 g/mol. The van der Waals surface area contributed by atoms with Gasteiger partial charge >= 0.3 is 0 Å². The van der Waals surface area contributed by atoms with Gasteiger partial charge in [-0.05, 0) is 6.92 Å². The van der Waals surface area contributed by atoms with Crippen LogP contribution in [0.2, 0.25) is 0 Å². The highest BCUT2D eigenvalue weighted by Crippen LogP contribution is 2.30. The molecule has 5 rings (SSSR count). The molecule has 0 saturated carbocycles. The second-order valence-electron chi connectivity index (χ2n) is 7.05. The number of anilines is 1. The third-order valence-electron chi connectivity index (χ3n) is 4.84. The molecular formula is C21H17N5O3S2. The summed E-state index contributed by atoms with van der Waals surface area (Å²) >= 11 is 2.83. The molecule has 0 aliphatic carbocycles. The zero-order valence-corrected chi connectivity index (χ0v) is 18.1. The molecule has 156 valence electrons. The van der Waals surface area contributed by atoms with Crippen LogP contribution in [0.1, 0.15) is 37.3 Å². The highest BCUT2D eigenvalue weighted by atomic mass is 32.1. The van der Waals surface area contributed by atoms with Crippen LogP contribution in [0.25, 0.3) is 10.6 Å². The first-order valence-corrected chi connectivity index (χ1v) is 11.3. The van der Waals surface area contributed by atoms with E-state index in [1.807, 2.05) is 30.3 Å². The third-order valence-corrected chi connectivity index (χ3v) is 6.73. The summed E-state index contributed by atoms with van der Waals surface area (Å²) in [6.07, 6.45) is 0.631. The summed E-state index contributed by atoms with van der Waals surface area (Å²) in [5.74, 6) is 0.100. The summed E-state index contributed by atoms with van der Waals surface area (Å²) < 4.78 is 4.94. The van der Waals surface area contributed by atoms with Gasteiger partial charge in [0, 0.05) is 34.9 Å². The lowest BCUT2D eigenvalue weighted by Crippen LogP contribution is -2.35. The van der Waals surface area contributed by atoms with E-state index in [1.165, 1.54) is 22.7 Å². The Bertz CT molecular complexity index is 1260. The van der Waals surface area contributed by atoms with Gasteiger partial charge in [-0.25, -0.2) is 9.97 Å². The van der Waals surface area contributed by atoms with Crippen molar-refractivity contribution in [1.82, 2.24) is 20.0 Å². The van der Waals surface area contributed by atoms with E-state index in [0.29, 0.717) is 36.1 Å². The van der Waals surface area contributed by atoms with Gasteiger partial charge in [0.05, 0.1) is 12.2 Å². The highest BCUT2D eigenvalue weighted by molar-refractivity contribution is 7.16. The molecule has 1 aliphatic heterocycles. The lowest BCUT2D eigenvalue weighted by atomic mass is 10.1. The standard InChI is InChI=1S/C21H17N5O3S2/c1-12-9-15(25-29-12)18(27)24-21-23-14-7-8-26(10-17(14)31-21)20(28)16-11-30-19(22-16)13-5-3-2-4-6-13/h2-6,9,11H,7-8,10H2,1H3,(H,23,24,27). The summed E-state index contributed by atoms with van der Waals surface area (Å²) in [6.45, 7) is 2.73. The molecule has 0 saturated heterocycles. The van der Waals surface area contributed by atoms with Crippen LogP contribution in [0.4, 0.5) is 5.13 Å². The number of hydrogen-bond acceptors (Lipinski definition) is 8. The van der Waals surface area contributed by atoms with E-state index in [9.17, 15) is 9.59 Å². The molecule has 4 aromatic rings. The lowest BCUT2D eigenvalue weighted by Gasteiger charge is -2.25. The van der Waals surface area contributed by atoms with Gasteiger partial charge in [0.1, 0.15) is 16.5 Å². The zero-order valence-electron chi connectivity index (χ0n) is 16.5. The largest absolute Gasteiger partial charge is 0.361 e. The number of carbonyl (C=O) groups is 2. The first-order valence-electron chi connectivity index (χ1n) is 9.60. The van der Waals surface area contributed by atoms with Crippen LogP contribution in [-0.2, 0) is 13.0 Å². The average Bonchev–Trinajstić information content (AvgIpc) is 3.52. The Morgan fingerprint density at radius 3 is 2.77 bits per heavy atom. The van der Waals surface area contributed by atoms with E-state index in [1.54, 1.807) is 23.3 Å². The molecule has 1 aliphatic rings. The van der Waals surface area contributed by atoms with Crippen LogP contribution in [-0.4, -0.2) is 38.4 Å². The second kappa shape index (κ2) is 8.05. The van der Waals surface area contributed by atoms with Gasteiger partial charge in [0.15, 0.2) is 10.8 Å². The van der Waals surface area contributed by atoms with Crippen molar-refractivity contribution in [2.75, 3.05) is 11.9 Å². The third kappa shape index (κ3) is 3.99. The first-order chi connectivity index (χ1) is 15.1. The van der Waals surface area contributed by atoms with Crippen LogP contribution < -0.4 is 5.32 Å². The molecule has 10 heteroatoms. The van der Waals surface area contributed by atoms with Crippen LogP contribution in [0, 0.1) is 6.92 Å². The van der Waals surface area contributed by atoms with Gasteiger partial charge in [-0.2, -0.15) is 0 Å². The van der Waals surface area contributed by atoms with Crippen molar-refractivity contribution in [3.05, 3.63) is 69.5 Å². The predicted octanol–water partition coefficient (Wildman–Crippen LogP) is 4.01. The van der Waals surface area contributed by atoms with E-state index in [-0.39, 0.29) is 17.5 Å². The molecule has 0 radical (unpaired) electrons. The monoisotopic (exact) mass is 451 g/mol. The Morgan fingerprint density at radius 2 is 2.00 bits per heavy atom. The molecule has 1 N–H and O–H groups in total. The fraction of sp³-hybridized carbons (Fsp3) is 0.190. The molecule has 31 heavy (non-hydrogen) atoms. The number of aromatic nitrogens is 3. The predicted molar refractivity (Wildman–Crippen MR) is 117 cm³/mol. The summed E-state index contributed by atoms with van der Waals surface area (Å²) in [5.41, 5.74) is 2.56. The molecule has 0 atom stereocenters. The Morgan fingerprint density at radius 1 is 1.16 bits per heavy atom. The first kappa shape index (κ1) is 19.6. The van der Waals surface area contributed by atoms with Crippen LogP contribution in [0.5, 0.6) is 0 Å². The fourth-order valence-corrected chi connectivity index (χ4v) is 5.12. The zero-order chi connectivity index (χ0) is 21.4. The Labute approximate surface area is 185 Å². The molecule has 0 fully saturated rings. The number of thiazole rings is 2. The quantitative estimate of drug-likeness (QED) is 0.503. The Hall–Kier alpha value is -3.37. The van der Waals surface area contributed by atoms with Gasteiger partial charge in [0.2, 0.25) is 0 Å². The van der Waals surface area contributed by atoms with Crippen molar-refractivity contribution in [2.24, 2.45) is 0 Å². The Kier molecular flexibility index (Phi) is 5.08. The number of nitrogens with one attached hydrogen (secondary N) is 1. The normalized spacial score (nSPS) is 13.1. The van der Waals surface area contributed by atoms with E-state index in [2.05, 4.69) is 20.4 Å². The molecular weight excluding hydrogens is 434 g/mol. The summed E-state index contributed by atoms with van der Waals surface area (Å²) in [6, 6.07) is 11.4. The van der Waals surface area contributed by atoms with E-state index < -0.39 is 0 Å². The highest BCUT2D eigenvalue weighted by Gasteiger charge is 2.27. The number of rotatable bonds is 4. The number of benzene rings is 1. The molecule has 0 unspecified atom stereocenters. The number of amides is 2. The number of carbonyl (C=O) groups excluding carboxylic acids is 2. The van der Waals surface area contributed by atoms with Gasteiger partial charge < -0.3 is 9.42 Å². The molecule has 2 amide bonds. The SMILES string of the molecule is Cc1cc(C(=O)Nc2nc3c(s2)CN(C(=O)c2csc(-c4ccccc4)n2)CC3)no1. The maximum Gasteiger partial charge on any atom is 0.279 e. The van der Waals surface area contributed by atoms with Gasteiger partial charge in [-0.3, -0.25) is 14.9 Å². The number of fused-ring (bicyclic) bond motifs is 1. The van der Waals surface area contributed by atoms with Gasteiger partial charge in [-0.15, -0.1) is 11.3 Å². The molecule has 8 nitrogen and oxygen atoms in total. The van der Waals surface area contributed by atoms with Crippen LogP contribution in [0.15, 0.2) is 46.3 Å². The topological polar surface area (TPSA) is 101 Å². The van der Waals surface area contributed by atoms with Crippen molar-refractivity contribution in [1.29, 1.82) is 0 Å². The molecule has 4 heterocycles. The Balaban J connectivity index is 1.28. The lowest BCUT2D eigenvalue weighted by molar-refractivity contribution is 0.0731.